The molecule has 138 valence electrons. The molecule has 0 saturated carbocycles. The first-order valence-electron chi connectivity index (χ1n) is 9.06. The highest BCUT2D eigenvalue weighted by Crippen LogP contribution is 2.37. The Kier molecular flexibility index (Phi) is 5.35. The SMILES string of the molecule is CCCN1C(=O)c2ccccc2N[C@@H]1c1ccc(OC(C)C)c(OC)c1. The van der Waals surface area contributed by atoms with Crippen LogP contribution in [-0.2, 0) is 0 Å². The quantitative estimate of drug-likeness (QED) is 0.832. The third-order valence-corrected chi connectivity index (χ3v) is 4.35. The summed E-state index contributed by atoms with van der Waals surface area (Å²) in [7, 11) is 1.63. The zero-order valence-electron chi connectivity index (χ0n) is 15.8. The summed E-state index contributed by atoms with van der Waals surface area (Å²) in [6.07, 6.45) is 0.713. The molecule has 3 rings (SSSR count). The van der Waals surface area contributed by atoms with Crippen molar-refractivity contribution < 1.29 is 14.3 Å². The van der Waals surface area contributed by atoms with Gasteiger partial charge < -0.3 is 19.7 Å². The second kappa shape index (κ2) is 7.68. The molecule has 0 bridgehead atoms. The van der Waals surface area contributed by atoms with Gasteiger partial charge in [0, 0.05) is 12.2 Å². The van der Waals surface area contributed by atoms with Gasteiger partial charge in [-0.25, -0.2) is 0 Å². The van der Waals surface area contributed by atoms with Crippen molar-refractivity contribution in [2.24, 2.45) is 0 Å². The van der Waals surface area contributed by atoms with Crippen LogP contribution in [-0.4, -0.2) is 30.6 Å². The first kappa shape index (κ1) is 18.1. The highest BCUT2D eigenvalue weighted by Gasteiger charge is 2.32. The molecule has 5 nitrogen and oxygen atoms in total. The molecule has 5 heteroatoms. The number of fused-ring (bicyclic) bond motifs is 1. The Bertz CT molecular complexity index is 789. The summed E-state index contributed by atoms with van der Waals surface area (Å²) < 4.78 is 11.3. The Morgan fingerprint density at radius 2 is 1.92 bits per heavy atom. The number of carbonyl (C=O) groups is 1. The van der Waals surface area contributed by atoms with Gasteiger partial charge in [0.1, 0.15) is 6.17 Å². The minimum Gasteiger partial charge on any atom is -0.493 e. The van der Waals surface area contributed by atoms with Crippen molar-refractivity contribution in [2.75, 3.05) is 19.0 Å². The van der Waals surface area contributed by atoms with E-state index in [0.29, 0.717) is 23.6 Å². The van der Waals surface area contributed by atoms with E-state index in [-0.39, 0.29) is 18.2 Å². The molecule has 0 aromatic heterocycles. The van der Waals surface area contributed by atoms with Crippen LogP contribution < -0.4 is 14.8 Å². The minimum atomic E-state index is -0.237. The number of nitrogens with one attached hydrogen (secondary N) is 1. The Labute approximate surface area is 154 Å². The van der Waals surface area contributed by atoms with Crippen LogP contribution in [0.2, 0.25) is 0 Å². The van der Waals surface area contributed by atoms with Crippen LogP contribution in [0.4, 0.5) is 5.69 Å². The topological polar surface area (TPSA) is 50.8 Å². The number of nitrogens with zero attached hydrogens (tertiary/aromatic N) is 1. The number of amides is 1. The predicted octanol–water partition coefficient (Wildman–Crippen LogP) is 4.46. The van der Waals surface area contributed by atoms with Gasteiger partial charge in [0.2, 0.25) is 0 Å². The maximum absolute atomic E-state index is 13.0. The molecule has 0 radical (unpaired) electrons. The van der Waals surface area contributed by atoms with Gasteiger partial charge >= 0.3 is 0 Å². The summed E-state index contributed by atoms with van der Waals surface area (Å²) in [5.74, 6) is 1.42. The van der Waals surface area contributed by atoms with Crippen LogP contribution in [0.5, 0.6) is 11.5 Å². The highest BCUT2D eigenvalue weighted by molar-refractivity contribution is 6.01. The average molecular weight is 354 g/mol. The summed E-state index contributed by atoms with van der Waals surface area (Å²) in [5, 5.41) is 3.50. The molecular weight excluding hydrogens is 328 g/mol. The van der Waals surface area contributed by atoms with Crippen LogP contribution in [0.25, 0.3) is 0 Å². The van der Waals surface area contributed by atoms with Gasteiger partial charge in [-0.15, -0.1) is 0 Å². The second-order valence-electron chi connectivity index (χ2n) is 6.67. The van der Waals surface area contributed by atoms with E-state index in [9.17, 15) is 4.79 Å². The molecule has 0 spiro atoms. The van der Waals surface area contributed by atoms with E-state index in [0.717, 1.165) is 17.7 Å². The number of hydrogen-bond acceptors (Lipinski definition) is 4. The van der Waals surface area contributed by atoms with Gasteiger partial charge in [-0.1, -0.05) is 25.1 Å². The van der Waals surface area contributed by atoms with Crippen LogP contribution in [0.15, 0.2) is 42.5 Å². The monoisotopic (exact) mass is 354 g/mol. The van der Waals surface area contributed by atoms with Gasteiger partial charge in [0.15, 0.2) is 11.5 Å². The Hall–Kier alpha value is -2.69. The van der Waals surface area contributed by atoms with Gasteiger partial charge in [0.05, 0.1) is 18.8 Å². The number of benzene rings is 2. The summed E-state index contributed by atoms with van der Waals surface area (Å²) in [4.78, 5) is 14.9. The Morgan fingerprint density at radius 3 is 2.62 bits per heavy atom. The van der Waals surface area contributed by atoms with Gasteiger partial charge in [-0.05, 0) is 50.1 Å². The fourth-order valence-electron chi connectivity index (χ4n) is 3.23. The fraction of sp³-hybridized carbons (Fsp3) is 0.381. The molecular formula is C21H26N2O3. The maximum Gasteiger partial charge on any atom is 0.257 e. The number of methoxy groups -OCH3 is 1. The average Bonchev–Trinajstić information content (AvgIpc) is 2.64. The number of ether oxygens (including phenoxy) is 2. The fourth-order valence-corrected chi connectivity index (χ4v) is 3.23. The van der Waals surface area contributed by atoms with Crippen LogP contribution in [0.1, 0.15) is 49.3 Å². The molecule has 0 unspecified atom stereocenters. The van der Waals surface area contributed by atoms with E-state index in [1.807, 2.05) is 61.2 Å². The standard InChI is InChI=1S/C21H26N2O3/c1-5-12-23-20(22-17-9-7-6-8-16(17)21(23)24)15-10-11-18(26-14(2)3)19(13-15)25-4/h6-11,13-14,20,22H,5,12H2,1-4H3/t20-/m0/s1. The van der Waals surface area contributed by atoms with Crippen LogP contribution in [0, 0.1) is 0 Å². The summed E-state index contributed by atoms with van der Waals surface area (Å²) in [6.45, 7) is 6.71. The molecule has 1 N–H and O–H groups in total. The number of anilines is 1. The number of rotatable bonds is 6. The van der Waals surface area contributed by atoms with Crippen molar-refractivity contribution in [2.45, 2.75) is 39.5 Å². The predicted molar refractivity (Wildman–Crippen MR) is 103 cm³/mol. The van der Waals surface area contributed by atoms with Crippen molar-refractivity contribution in [3.05, 3.63) is 53.6 Å². The lowest BCUT2D eigenvalue weighted by Crippen LogP contribution is -2.43. The Morgan fingerprint density at radius 1 is 1.15 bits per heavy atom. The molecule has 0 aliphatic carbocycles. The first-order valence-corrected chi connectivity index (χ1v) is 9.06. The molecule has 2 aromatic rings. The van der Waals surface area contributed by atoms with E-state index in [1.54, 1.807) is 7.11 Å². The van der Waals surface area contributed by atoms with Crippen molar-refractivity contribution in [3.63, 3.8) is 0 Å². The van der Waals surface area contributed by atoms with Crippen molar-refractivity contribution >= 4 is 11.6 Å². The second-order valence-corrected chi connectivity index (χ2v) is 6.67. The third-order valence-electron chi connectivity index (χ3n) is 4.35. The van der Waals surface area contributed by atoms with E-state index in [4.69, 9.17) is 9.47 Å². The first-order chi connectivity index (χ1) is 12.5. The van der Waals surface area contributed by atoms with E-state index in [2.05, 4.69) is 12.2 Å². The Balaban J connectivity index is 1.99. The zero-order valence-corrected chi connectivity index (χ0v) is 15.8. The molecule has 2 aromatic carbocycles. The van der Waals surface area contributed by atoms with E-state index in [1.165, 1.54) is 0 Å². The lowest BCUT2D eigenvalue weighted by Gasteiger charge is -2.38. The van der Waals surface area contributed by atoms with E-state index < -0.39 is 0 Å². The van der Waals surface area contributed by atoms with Crippen LogP contribution in [0.3, 0.4) is 0 Å². The molecule has 1 amide bonds. The highest BCUT2D eigenvalue weighted by atomic mass is 16.5. The van der Waals surface area contributed by atoms with Gasteiger partial charge in [-0.3, -0.25) is 4.79 Å². The minimum absolute atomic E-state index is 0.0488. The van der Waals surface area contributed by atoms with Gasteiger partial charge in [-0.2, -0.15) is 0 Å². The lowest BCUT2D eigenvalue weighted by atomic mass is 10.0. The number of para-hydroxylation sites is 1. The van der Waals surface area contributed by atoms with E-state index >= 15 is 0 Å². The molecule has 0 saturated heterocycles. The molecule has 1 heterocycles. The zero-order chi connectivity index (χ0) is 18.7. The van der Waals surface area contributed by atoms with Crippen molar-refractivity contribution in [1.29, 1.82) is 0 Å². The van der Waals surface area contributed by atoms with Gasteiger partial charge in [0.25, 0.3) is 5.91 Å². The molecule has 1 atom stereocenters. The largest absolute Gasteiger partial charge is 0.493 e. The molecule has 0 fully saturated rings. The molecule has 1 aliphatic rings. The van der Waals surface area contributed by atoms with Crippen molar-refractivity contribution in [3.8, 4) is 11.5 Å². The molecule has 26 heavy (non-hydrogen) atoms. The molecule has 1 aliphatic heterocycles. The smallest absolute Gasteiger partial charge is 0.257 e. The number of hydrogen-bond donors (Lipinski definition) is 1. The van der Waals surface area contributed by atoms with Crippen LogP contribution >= 0.6 is 0 Å². The third kappa shape index (κ3) is 3.47. The summed E-state index contributed by atoms with van der Waals surface area (Å²) >= 11 is 0. The summed E-state index contributed by atoms with van der Waals surface area (Å²) in [5.41, 5.74) is 2.54. The van der Waals surface area contributed by atoms with Crippen molar-refractivity contribution in [1.82, 2.24) is 4.90 Å². The summed E-state index contributed by atoms with van der Waals surface area (Å²) in [6, 6.07) is 13.5. The lowest BCUT2D eigenvalue weighted by molar-refractivity contribution is 0.0683. The maximum atomic E-state index is 13.0. The normalized spacial score (nSPS) is 16.3. The number of carbonyl (C=O) groups excluding carboxylic acids is 1.